The second kappa shape index (κ2) is 9.22. The maximum absolute atomic E-state index is 13.0. The largest absolute Gasteiger partial charge is 0.370 e. The third kappa shape index (κ3) is 5.07. The molecule has 0 amide bonds. The lowest BCUT2D eigenvalue weighted by atomic mass is 10.2. The molecule has 0 unspecified atom stereocenters. The van der Waals surface area contributed by atoms with Crippen molar-refractivity contribution in [1.29, 1.82) is 0 Å². The molecule has 1 aliphatic heterocycles. The molecule has 0 spiro atoms. The second-order valence-corrected chi connectivity index (χ2v) is 6.55. The van der Waals surface area contributed by atoms with Crippen molar-refractivity contribution in [3.63, 3.8) is 0 Å². The monoisotopic (exact) mass is 460 g/mol. The summed E-state index contributed by atoms with van der Waals surface area (Å²) in [6.45, 7) is 4.14. The summed E-state index contributed by atoms with van der Waals surface area (Å²) >= 11 is 1.75. The van der Waals surface area contributed by atoms with Gasteiger partial charge < -0.3 is 15.5 Å². The fourth-order valence-electron chi connectivity index (χ4n) is 2.68. The molecule has 1 fully saturated rings. The fourth-order valence-corrected chi connectivity index (χ4v) is 3.38. The van der Waals surface area contributed by atoms with Crippen molar-refractivity contribution < 1.29 is 4.39 Å². The van der Waals surface area contributed by atoms with Crippen LogP contribution in [-0.2, 0) is 6.42 Å². The minimum Gasteiger partial charge on any atom is -0.370 e. The molecule has 1 saturated heterocycles. The van der Waals surface area contributed by atoms with Crippen molar-refractivity contribution in [2.45, 2.75) is 6.42 Å². The first-order valence-corrected chi connectivity index (χ1v) is 8.68. The van der Waals surface area contributed by atoms with E-state index in [-0.39, 0.29) is 29.8 Å². The van der Waals surface area contributed by atoms with Crippen LogP contribution in [-0.4, -0.2) is 43.6 Å². The van der Waals surface area contributed by atoms with Gasteiger partial charge in [0.05, 0.1) is 0 Å². The highest BCUT2D eigenvalue weighted by atomic mass is 127. The number of aliphatic imine (C=N–C) groups is 1. The predicted molar refractivity (Wildman–Crippen MR) is 110 cm³/mol. The summed E-state index contributed by atoms with van der Waals surface area (Å²) in [5.74, 6) is 0.426. The Kier molecular flexibility index (Phi) is 7.29. The van der Waals surface area contributed by atoms with Crippen LogP contribution < -0.4 is 10.6 Å². The van der Waals surface area contributed by atoms with Gasteiger partial charge in [-0.3, -0.25) is 4.99 Å². The average Bonchev–Trinajstić information content (AvgIpc) is 3.09. The SMILES string of the molecule is I.NC(=NCCc1cccs1)N1CCN(c2ccc(F)cc2)CC1. The number of piperazine rings is 1. The van der Waals surface area contributed by atoms with E-state index in [1.807, 2.05) is 12.1 Å². The summed E-state index contributed by atoms with van der Waals surface area (Å²) in [4.78, 5) is 10.2. The van der Waals surface area contributed by atoms with Crippen LogP contribution in [0.3, 0.4) is 0 Å². The predicted octanol–water partition coefficient (Wildman–Crippen LogP) is 3.18. The van der Waals surface area contributed by atoms with Crippen LogP contribution in [0.5, 0.6) is 0 Å². The maximum atomic E-state index is 13.0. The number of benzene rings is 1. The smallest absolute Gasteiger partial charge is 0.191 e. The Morgan fingerprint density at radius 3 is 2.46 bits per heavy atom. The molecule has 0 saturated carbocycles. The fraction of sp³-hybridized carbons (Fsp3) is 0.353. The van der Waals surface area contributed by atoms with Crippen LogP contribution in [0.25, 0.3) is 0 Å². The molecule has 0 bridgehead atoms. The van der Waals surface area contributed by atoms with E-state index in [1.165, 1.54) is 17.0 Å². The number of nitrogens with two attached hydrogens (primary N) is 1. The van der Waals surface area contributed by atoms with Crippen LogP contribution in [0, 0.1) is 5.82 Å². The third-order valence-electron chi connectivity index (χ3n) is 4.01. The molecule has 1 aromatic carbocycles. The van der Waals surface area contributed by atoms with E-state index in [1.54, 1.807) is 11.3 Å². The lowest BCUT2D eigenvalue weighted by molar-refractivity contribution is 0.381. The summed E-state index contributed by atoms with van der Waals surface area (Å²) in [7, 11) is 0. The van der Waals surface area contributed by atoms with Crippen LogP contribution in [0.15, 0.2) is 46.8 Å². The van der Waals surface area contributed by atoms with Gasteiger partial charge in [0, 0.05) is 49.7 Å². The van der Waals surface area contributed by atoms with Gasteiger partial charge in [-0.05, 0) is 35.7 Å². The molecule has 1 aliphatic rings. The van der Waals surface area contributed by atoms with Gasteiger partial charge in [-0.25, -0.2) is 4.39 Å². The molecule has 4 nitrogen and oxygen atoms in total. The topological polar surface area (TPSA) is 44.9 Å². The van der Waals surface area contributed by atoms with E-state index < -0.39 is 0 Å². The Morgan fingerprint density at radius 2 is 1.83 bits per heavy atom. The van der Waals surface area contributed by atoms with E-state index in [0.717, 1.165) is 44.8 Å². The first kappa shape index (κ1) is 19.0. The number of guanidine groups is 1. The van der Waals surface area contributed by atoms with E-state index in [9.17, 15) is 4.39 Å². The first-order valence-electron chi connectivity index (χ1n) is 7.80. The number of hydrogen-bond donors (Lipinski definition) is 1. The highest BCUT2D eigenvalue weighted by molar-refractivity contribution is 14.0. The molecular formula is C17H22FIN4S. The highest BCUT2D eigenvalue weighted by Crippen LogP contribution is 2.16. The zero-order chi connectivity index (χ0) is 16.1. The van der Waals surface area contributed by atoms with Crippen molar-refractivity contribution in [1.82, 2.24) is 4.90 Å². The van der Waals surface area contributed by atoms with Crippen molar-refractivity contribution in [3.8, 4) is 0 Å². The summed E-state index contributed by atoms with van der Waals surface area (Å²) in [6, 6.07) is 10.8. The molecule has 0 atom stereocenters. The highest BCUT2D eigenvalue weighted by Gasteiger charge is 2.18. The van der Waals surface area contributed by atoms with Crippen molar-refractivity contribution in [2.24, 2.45) is 10.7 Å². The molecule has 2 aromatic rings. The molecule has 7 heteroatoms. The van der Waals surface area contributed by atoms with Crippen LogP contribution in [0.2, 0.25) is 0 Å². The molecule has 130 valence electrons. The van der Waals surface area contributed by atoms with E-state index >= 15 is 0 Å². The Bertz CT molecular complexity index is 637. The molecule has 2 heterocycles. The Balaban J connectivity index is 0.00000208. The minimum absolute atomic E-state index is 0. The van der Waals surface area contributed by atoms with Crippen molar-refractivity contribution in [3.05, 3.63) is 52.5 Å². The maximum Gasteiger partial charge on any atom is 0.191 e. The number of halogens is 2. The molecule has 0 aliphatic carbocycles. The van der Waals surface area contributed by atoms with Gasteiger partial charge >= 0.3 is 0 Å². The number of anilines is 1. The minimum atomic E-state index is -0.200. The van der Waals surface area contributed by atoms with Crippen LogP contribution >= 0.6 is 35.3 Å². The standard InChI is InChI=1S/C17H21FN4S.HI/c18-14-3-5-15(6-4-14)21-9-11-22(12-10-21)17(19)20-8-7-16-2-1-13-23-16;/h1-6,13H,7-12H2,(H2,19,20);1H. The Hall–Kier alpha value is -1.35. The normalized spacial score (nSPS) is 15.3. The molecular weight excluding hydrogens is 438 g/mol. The summed E-state index contributed by atoms with van der Waals surface area (Å²) in [5.41, 5.74) is 7.16. The molecule has 2 N–H and O–H groups in total. The van der Waals surface area contributed by atoms with Gasteiger partial charge in [0.15, 0.2) is 5.96 Å². The molecule has 1 aromatic heterocycles. The van der Waals surface area contributed by atoms with Gasteiger partial charge in [0.2, 0.25) is 0 Å². The van der Waals surface area contributed by atoms with Gasteiger partial charge in [0.25, 0.3) is 0 Å². The van der Waals surface area contributed by atoms with Gasteiger partial charge in [0.1, 0.15) is 5.82 Å². The number of hydrogen-bond acceptors (Lipinski definition) is 3. The quantitative estimate of drug-likeness (QED) is 0.433. The second-order valence-electron chi connectivity index (χ2n) is 5.52. The summed E-state index contributed by atoms with van der Waals surface area (Å²) in [6.07, 6.45) is 0.938. The molecule has 24 heavy (non-hydrogen) atoms. The molecule has 0 radical (unpaired) electrons. The number of rotatable bonds is 4. The summed E-state index contributed by atoms with van der Waals surface area (Å²) in [5, 5.41) is 2.08. The average molecular weight is 460 g/mol. The lowest BCUT2D eigenvalue weighted by Gasteiger charge is -2.36. The van der Waals surface area contributed by atoms with E-state index in [4.69, 9.17) is 5.73 Å². The van der Waals surface area contributed by atoms with Gasteiger partial charge in [-0.15, -0.1) is 35.3 Å². The van der Waals surface area contributed by atoms with E-state index in [0.29, 0.717) is 5.96 Å². The molecule has 3 rings (SSSR count). The Morgan fingerprint density at radius 1 is 1.12 bits per heavy atom. The first-order chi connectivity index (χ1) is 11.2. The van der Waals surface area contributed by atoms with Crippen molar-refractivity contribution in [2.75, 3.05) is 37.6 Å². The summed E-state index contributed by atoms with van der Waals surface area (Å²) < 4.78 is 13.0. The lowest BCUT2D eigenvalue weighted by Crippen LogP contribution is -2.51. The van der Waals surface area contributed by atoms with Gasteiger partial charge in [-0.2, -0.15) is 0 Å². The third-order valence-corrected chi connectivity index (χ3v) is 4.94. The van der Waals surface area contributed by atoms with E-state index in [2.05, 4.69) is 32.3 Å². The Labute approximate surface area is 163 Å². The van der Waals surface area contributed by atoms with Gasteiger partial charge in [-0.1, -0.05) is 6.07 Å². The zero-order valence-corrected chi connectivity index (χ0v) is 16.5. The van der Waals surface area contributed by atoms with Crippen LogP contribution in [0.4, 0.5) is 10.1 Å². The van der Waals surface area contributed by atoms with Crippen LogP contribution in [0.1, 0.15) is 4.88 Å². The number of thiophene rings is 1. The van der Waals surface area contributed by atoms with Crippen molar-refractivity contribution >= 4 is 47.0 Å². The zero-order valence-electron chi connectivity index (χ0n) is 13.4. The number of nitrogens with zero attached hydrogens (tertiary/aromatic N) is 3.